The van der Waals surface area contributed by atoms with Gasteiger partial charge in [-0.1, -0.05) is 0 Å². The molecule has 0 bridgehead atoms. The molecule has 0 radical (unpaired) electrons. The minimum atomic E-state index is -0.423. The van der Waals surface area contributed by atoms with E-state index in [1.54, 1.807) is 12.0 Å². The smallest absolute Gasteiger partial charge is 0.242 e. The summed E-state index contributed by atoms with van der Waals surface area (Å²) >= 11 is 0. The molecule has 1 aliphatic rings. The minimum absolute atomic E-state index is 0. The molecule has 0 saturated carbocycles. The highest BCUT2D eigenvalue weighted by molar-refractivity contribution is 5.86. The number of benzene rings is 1. The van der Waals surface area contributed by atoms with E-state index in [9.17, 15) is 4.79 Å². The van der Waals surface area contributed by atoms with E-state index in [2.05, 4.69) is 5.32 Å². The molecule has 0 spiro atoms. The number of likely N-dealkylation sites (N-methyl/N-ethyl adjacent to an activating group) is 1. The molecular formula is C17H27ClN2O3. The molecule has 1 atom stereocenters. The van der Waals surface area contributed by atoms with E-state index in [0.29, 0.717) is 13.2 Å². The summed E-state index contributed by atoms with van der Waals surface area (Å²) in [6.07, 6.45) is 3.15. The highest BCUT2D eigenvalue weighted by atomic mass is 35.5. The maximum absolute atomic E-state index is 12.5. The van der Waals surface area contributed by atoms with Crippen molar-refractivity contribution in [2.45, 2.75) is 31.7 Å². The highest BCUT2D eigenvalue weighted by Crippen LogP contribution is 2.21. The summed E-state index contributed by atoms with van der Waals surface area (Å²) in [6, 6.07) is 7.45. The highest BCUT2D eigenvalue weighted by Gasteiger charge is 2.36. The Kier molecular flexibility index (Phi) is 7.65. The summed E-state index contributed by atoms with van der Waals surface area (Å²) in [5.74, 6) is 1.73. The van der Waals surface area contributed by atoms with Crippen LogP contribution >= 0.6 is 12.4 Å². The van der Waals surface area contributed by atoms with Gasteiger partial charge in [0, 0.05) is 7.05 Å². The van der Waals surface area contributed by atoms with Gasteiger partial charge in [-0.15, -0.1) is 12.4 Å². The fourth-order valence-electron chi connectivity index (χ4n) is 2.73. The SMILES string of the molecule is COc1ccc(OCCN(C)C(=O)C2(C)CCCCN2)cc1.Cl. The Hall–Kier alpha value is -1.46. The third-order valence-electron chi connectivity index (χ3n) is 4.19. The van der Waals surface area contributed by atoms with E-state index in [4.69, 9.17) is 9.47 Å². The molecular weight excluding hydrogens is 316 g/mol. The van der Waals surface area contributed by atoms with E-state index < -0.39 is 5.54 Å². The number of methoxy groups -OCH3 is 1. The molecule has 2 rings (SSSR count). The van der Waals surface area contributed by atoms with Crippen LogP contribution < -0.4 is 14.8 Å². The number of carbonyl (C=O) groups is 1. The van der Waals surface area contributed by atoms with Gasteiger partial charge in [0.1, 0.15) is 18.1 Å². The number of rotatable bonds is 6. The largest absolute Gasteiger partial charge is 0.497 e. The number of piperidine rings is 1. The fraction of sp³-hybridized carbons (Fsp3) is 0.588. The van der Waals surface area contributed by atoms with Gasteiger partial charge in [0.05, 0.1) is 19.2 Å². The maximum atomic E-state index is 12.5. The molecule has 5 nitrogen and oxygen atoms in total. The molecule has 1 aliphatic heterocycles. The summed E-state index contributed by atoms with van der Waals surface area (Å²) in [7, 11) is 3.47. The molecule has 1 aromatic carbocycles. The van der Waals surface area contributed by atoms with E-state index in [0.717, 1.165) is 37.3 Å². The van der Waals surface area contributed by atoms with E-state index in [-0.39, 0.29) is 18.3 Å². The van der Waals surface area contributed by atoms with Crippen LogP contribution in [0.2, 0.25) is 0 Å². The summed E-state index contributed by atoms with van der Waals surface area (Å²) < 4.78 is 10.8. The zero-order valence-corrected chi connectivity index (χ0v) is 14.9. The molecule has 1 aromatic rings. The van der Waals surface area contributed by atoms with Crippen molar-refractivity contribution in [3.8, 4) is 11.5 Å². The molecule has 0 aromatic heterocycles. The number of carbonyl (C=O) groups excluding carboxylic acids is 1. The third kappa shape index (κ3) is 5.29. The topological polar surface area (TPSA) is 50.8 Å². The summed E-state index contributed by atoms with van der Waals surface area (Å²) in [5.41, 5.74) is -0.423. The molecule has 1 unspecified atom stereocenters. The molecule has 130 valence electrons. The molecule has 1 heterocycles. The standard InChI is InChI=1S/C17H26N2O3.ClH/c1-17(10-4-5-11-18-17)16(20)19(2)12-13-22-15-8-6-14(21-3)7-9-15;/h6-9,18H,4-5,10-13H2,1-3H3;1H. The Bertz CT molecular complexity index is 487. The number of hydrogen-bond donors (Lipinski definition) is 1. The lowest BCUT2D eigenvalue weighted by molar-refractivity contribution is -0.137. The second-order valence-corrected chi connectivity index (χ2v) is 5.97. The van der Waals surface area contributed by atoms with Gasteiger partial charge in [-0.2, -0.15) is 0 Å². The first-order valence-electron chi connectivity index (χ1n) is 7.82. The van der Waals surface area contributed by atoms with Gasteiger partial charge >= 0.3 is 0 Å². The van der Waals surface area contributed by atoms with Crippen molar-refractivity contribution in [2.24, 2.45) is 0 Å². The summed E-state index contributed by atoms with van der Waals surface area (Å²) in [5, 5.41) is 3.35. The zero-order valence-electron chi connectivity index (χ0n) is 14.1. The monoisotopic (exact) mass is 342 g/mol. The normalized spacial score (nSPS) is 20.3. The molecule has 0 aliphatic carbocycles. The number of hydrogen-bond acceptors (Lipinski definition) is 4. The quantitative estimate of drug-likeness (QED) is 0.863. The summed E-state index contributed by atoms with van der Waals surface area (Å²) in [4.78, 5) is 14.3. The van der Waals surface area contributed by atoms with Gasteiger partial charge in [-0.05, 0) is 57.0 Å². The lowest BCUT2D eigenvalue weighted by Crippen LogP contribution is -2.57. The number of nitrogens with one attached hydrogen (secondary N) is 1. The molecule has 1 amide bonds. The molecule has 23 heavy (non-hydrogen) atoms. The van der Waals surface area contributed by atoms with Gasteiger partial charge in [0.2, 0.25) is 5.91 Å². The second-order valence-electron chi connectivity index (χ2n) is 5.97. The predicted octanol–water partition coefficient (Wildman–Crippen LogP) is 2.49. The lowest BCUT2D eigenvalue weighted by Gasteiger charge is -2.36. The Morgan fingerprint density at radius 1 is 1.26 bits per heavy atom. The Balaban J connectivity index is 0.00000264. The molecule has 1 saturated heterocycles. The van der Waals surface area contributed by atoms with Gasteiger partial charge in [-0.3, -0.25) is 4.79 Å². The molecule has 6 heteroatoms. The van der Waals surface area contributed by atoms with Crippen molar-refractivity contribution >= 4 is 18.3 Å². The lowest BCUT2D eigenvalue weighted by atomic mass is 9.89. The van der Waals surface area contributed by atoms with Crippen LogP contribution in [-0.2, 0) is 4.79 Å². The Morgan fingerprint density at radius 2 is 1.91 bits per heavy atom. The average Bonchev–Trinajstić information content (AvgIpc) is 2.55. The number of amides is 1. The first-order chi connectivity index (χ1) is 10.5. The number of halogens is 1. The third-order valence-corrected chi connectivity index (χ3v) is 4.19. The van der Waals surface area contributed by atoms with Crippen molar-refractivity contribution in [3.05, 3.63) is 24.3 Å². The molecule has 1 N–H and O–H groups in total. The predicted molar refractivity (Wildman–Crippen MR) is 93.6 cm³/mol. The van der Waals surface area contributed by atoms with Crippen LogP contribution in [0.1, 0.15) is 26.2 Å². The zero-order chi connectivity index (χ0) is 16.0. The van der Waals surface area contributed by atoms with Crippen LogP contribution in [0.5, 0.6) is 11.5 Å². The van der Waals surface area contributed by atoms with Crippen molar-refractivity contribution in [3.63, 3.8) is 0 Å². The molecule has 1 fully saturated rings. The fourth-order valence-corrected chi connectivity index (χ4v) is 2.73. The number of nitrogens with zero attached hydrogens (tertiary/aromatic N) is 1. The first kappa shape index (κ1) is 19.6. The van der Waals surface area contributed by atoms with Crippen LogP contribution in [0.15, 0.2) is 24.3 Å². The van der Waals surface area contributed by atoms with Gasteiger partial charge in [-0.25, -0.2) is 0 Å². The van der Waals surface area contributed by atoms with E-state index in [1.165, 1.54) is 0 Å². The van der Waals surface area contributed by atoms with Crippen LogP contribution in [0.3, 0.4) is 0 Å². The van der Waals surface area contributed by atoms with E-state index >= 15 is 0 Å². The second kappa shape index (κ2) is 8.99. The van der Waals surface area contributed by atoms with Crippen molar-refractivity contribution < 1.29 is 14.3 Å². The first-order valence-corrected chi connectivity index (χ1v) is 7.82. The van der Waals surface area contributed by atoms with E-state index in [1.807, 2.05) is 38.2 Å². The number of ether oxygens (including phenoxy) is 2. The van der Waals surface area contributed by atoms with Crippen molar-refractivity contribution in [2.75, 3.05) is 33.9 Å². The van der Waals surface area contributed by atoms with Crippen LogP contribution in [-0.4, -0.2) is 50.2 Å². The van der Waals surface area contributed by atoms with Crippen molar-refractivity contribution in [1.82, 2.24) is 10.2 Å². The van der Waals surface area contributed by atoms with Crippen LogP contribution in [0, 0.1) is 0 Å². The van der Waals surface area contributed by atoms with Crippen molar-refractivity contribution in [1.29, 1.82) is 0 Å². The van der Waals surface area contributed by atoms with Crippen LogP contribution in [0.25, 0.3) is 0 Å². The van der Waals surface area contributed by atoms with Crippen LogP contribution in [0.4, 0.5) is 0 Å². The average molecular weight is 343 g/mol. The van der Waals surface area contributed by atoms with Gasteiger partial charge in [0.15, 0.2) is 0 Å². The maximum Gasteiger partial charge on any atom is 0.242 e. The Morgan fingerprint density at radius 3 is 2.48 bits per heavy atom. The Labute approximate surface area is 144 Å². The van der Waals surface area contributed by atoms with Gasteiger partial charge in [0.25, 0.3) is 0 Å². The van der Waals surface area contributed by atoms with Gasteiger partial charge < -0.3 is 19.7 Å². The summed E-state index contributed by atoms with van der Waals surface area (Å²) in [6.45, 7) is 3.96. The minimum Gasteiger partial charge on any atom is -0.497 e.